The summed E-state index contributed by atoms with van der Waals surface area (Å²) in [6.45, 7) is 0.681. The molecular formula is C12H15NO5. The SMILES string of the molecule is COCCNC(=O)COc1cccc(C(=O)O)c1. The fourth-order valence-corrected chi connectivity index (χ4v) is 1.21. The van der Waals surface area contributed by atoms with E-state index in [4.69, 9.17) is 14.6 Å². The predicted octanol–water partition coefficient (Wildman–Crippen LogP) is 0.526. The van der Waals surface area contributed by atoms with Crippen LogP contribution >= 0.6 is 0 Å². The van der Waals surface area contributed by atoms with Crippen LogP contribution in [0.25, 0.3) is 0 Å². The van der Waals surface area contributed by atoms with Gasteiger partial charge >= 0.3 is 5.97 Å². The van der Waals surface area contributed by atoms with Crippen molar-refractivity contribution in [3.8, 4) is 5.75 Å². The monoisotopic (exact) mass is 253 g/mol. The second-order valence-corrected chi connectivity index (χ2v) is 3.46. The summed E-state index contributed by atoms with van der Waals surface area (Å²) >= 11 is 0. The van der Waals surface area contributed by atoms with Crippen molar-refractivity contribution in [2.24, 2.45) is 0 Å². The zero-order valence-corrected chi connectivity index (χ0v) is 10.0. The third kappa shape index (κ3) is 4.84. The molecular weight excluding hydrogens is 238 g/mol. The average molecular weight is 253 g/mol. The van der Waals surface area contributed by atoms with Crippen LogP contribution in [0.1, 0.15) is 10.4 Å². The summed E-state index contributed by atoms with van der Waals surface area (Å²) in [5.74, 6) is -0.977. The molecule has 0 aliphatic carbocycles. The Morgan fingerprint density at radius 3 is 2.83 bits per heavy atom. The lowest BCUT2D eigenvalue weighted by atomic mass is 10.2. The van der Waals surface area contributed by atoms with Gasteiger partial charge in [0.25, 0.3) is 5.91 Å². The number of carbonyl (C=O) groups is 2. The first-order valence-electron chi connectivity index (χ1n) is 5.35. The van der Waals surface area contributed by atoms with E-state index in [-0.39, 0.29) is 18.1 Å². The molecule has 1 aromatic rings. The highest BCUT2D eigenvalue weighted by Crippen LogP contribution is 2.12. The van der Waals surface area contributed by atoms with E-state index in [0.717, 1.165) is 0 Å². The minimum atomic E-state index is -1.04. The van der Waals surface area contributed by atoms with E-state index < -0.39 is 5.97 Å². The second kappa shape index (κ2) is 7.29. The van der Waals surface area contributed by atoms with E-state index in [1.54, 1.807) is 19.2 Å². The van der Waals surface area contributed by atoms with E-state index in [9.17, 15) is 9.59 Å². The molecule has 0 fully saturated rings. The number of aromatic carboxylic acids is 1. The Hall–Kier alpha value is -2.08. The summed E-state index contributed by atoms with van der Waals surface area (Å²) < 4.78 is 9.95. The first-order chi connectivity index (χ1) is 8.63. The number of hydrogen-bond acceptors (Lipinski definition) is 4. The van der Waals surface area contributed by atoms with Gasteiger partial charge in [0.05, 0.1) is 12.2 Å². The zero-order chi connectivity index (χ0) is 13.4. The number of methoxy groups -OCH3 is 1. The van der Waals surface area contributed by atoms with Crippen LogP contribution in [0.15, 0.2) is 24.3 Å². The molecule has 1 aromatic carbocycles. The lowest BCUT2D eigenvalue weighted by molar-refractivity contribution is -0.123. The first-order valence-corrected chi connectivity index (χ1v) is 5.35. The van der Waals surface area contributed by atoms with Crippen LogP contribution in [-0.2, 0) is 9.53 Å². The smallest absolute Gasteiger partial charge is 0.335 e. The maximum Gasteiger partial charge on any atom is 0.335 e. The van der Waals surface area contributed by atoms with Gasteiger partial charge in [-0.25, -0.2) is 4.79 Å². The van der Waals surface area contributed by atoms with Crippen LogP contribution in [-0.4, -0.2) is 43.9 Å². The molecule has 0 saturated heterocycles. The van der Waals surface area contributed by atoms with Gasteiger partial charge in [0, 0.05) is 13.7 Å². The van der Waals surface area contributed by atoms with Gasteiger partial charge in [-0.05, 0) is 18.2 Å². The van der Waals surface area contributed by atoms with Crippen LogP contribution in [0.5, 0.6) is 5.75 Å². The molecule has 0 aliphatic rings. The average Bonchev–Trinajstić information content (AvgIpc) is 2.37. The number of hydrogen-bond donors (Lipinski definition) is 2. The summed E-state index contributed by atoms with van der Waals surface area (Å²) in [7, 11) is 1.54. The Morgan fingerprint density at radius 1 is 1.39 bits per heavy atom. The van der Waals surface area contributed by atoms with Gasteiger partial charge in [-0.1, -0.05) is 6.07 Å². The largest absolute Gasteiger partial charge is 0.484 e. The van der Waals surface area contributed by atoms with Crippen molar-refractivity contribution >= 4 is 11.9 Å². The Balaban J connectivity index is 2.41. The topological polar surface area (TPSA) is 84.9 Å². The fraction of sp³-hybridized carbons (Fsp3) is 0.333. The van der Waals surface area contributed by atoms with E-state index in [1.165, 1.54) is 12.1 Å². The van der Waals surface area contributed by atoms with Crippen molar-refractivity contribution in [1.29, 1.82) is 0 Å². The van der Waals surface area contributed by atoms with Crippen molar-refractivity contribution in [3.05, 3.63) is 29.8 Å². The maximum atomic E-state index is 11.3. The molecule has 2 N–H and O–H groups in total. The normalized spacial score (nSPS) is 9.83. The van der Waals surface area contributed by atoms with Gasteiger partial charge < -0.3 is 19.9 Å². The number of carbonyl (C=O) groups excluding carboxylic acids is 1. The first kappa shape index (κ1) is 14.0. The molecule has 0 heterocycles. The Kier molecular flexibility index (Phi) is 5.66. The van der Waals surface area contributed by atoms with E-state index in [0.29, 0.717) is 18.9 Å². The van der Waals surface area contributed by atoms with E-state index >= 15 is 0 Å². The van der Waals surface area contributed by atoms with Crippen LogP contribution in [0.2, 0.25) is 0 Å². The van der Waals surface area contributed by atoms with Crippen LogP contribution in [0.4, 0.5) is 0 Å². The van der Waals surface area contributed by atoms with Gasteiger partial charge in [-0.15, -0.1) is 0 Å². The van der Waals surface area contributed by atoms with Gasteiger partial charge in [-0.3, -0.25) is 4.79 Å². The molecule has 6 heteroatoms. The summed E-state index contributed by atoms with van der Waals surface area (Å²) in [6.07, 6.45) is 0. The quantitative estimate of drug-likeness (QED) is 0.692. The van der Waals surface area contributed by atoms with E-state index in [1.807, 2.05) is 0 Å². The number of benzene rings is 1. The van der Waals surface area contributed by atoms with Gasteiger partial charge in [0.1, 0.15) is 5.75 Å². The Labute approximate surface area is 105 Å². The number of amides is 1. The molecule has 1 rings (SSSR count). The standard InChI is InChI=1S/C12H15NO5/c1-17-6-5-13-11(14)8-18-10-4-2-3-9(7-10)12(15)16/h2-4,7H,5-6,8H2,1H3,(H,13,14)(H,15,16). The third-order valence-electron chi connectivity index (χ3n) is 2.08. The van der Waals surface area contributed by atoms with Crippen molar-refractivity contribution in [2.75, 3.05) is 26.9 Å². The molecule has 0 aromatic heterocycles. The zero-order valence-electron chi connectivity index (χ0n) is 10.0. The minimum absolute atomic E-state index is 0.118. The summed E-state index contributed by atoms with van der Waals surface area (Å²) in [6, 6.07) is 5.97. The summed E-state index contributed by atoms with van der Waals surface area (Å²) in [5.41, 5.74) is 0.118. The molecule has 0 aliphatic heterocycles. The molecule has 0 unspecified atom stereocenters. The Bertz CT molecular complexity index is 419. The molecule has 18 heavy (non-hydrogen) atoms. The number of ether oxygens (including phenoxy) is 2. The molecule has 0 radical (unpaired) electrons. The molecule has 0 bridgehead atoms. The number of rotatable bonds is 7. The lowest BCUT2D eigenvalue weighted by Gasteiger charge is -2.07. The van der Waals surface area contributed by atoms with Crippen molar-refractivity contribution in [1.82, 2.24) is 5.32 Å². The second-order valence-electron chi connectivity index (χ2n) is 3.46. The number of carboxylic acids is 1. The highest BCUT2D eigenvalue weighted by Gasteiger charge is 2.05. The Morgan fingerprint density at radius 2 is 2.17 bits per heavy atom. The number of carboxylic acid groups (broad SMARTS) is 1. The van der Waals surface area contributed by atoms with Crippen molar-refractivity contribution in [2.45, 2.75) is 0 Å². The van der Waals surface area contributed by atoms with E-state index in [2.05, 4.69) is 5.32 Å². The molecule has 1 amide bonds. The maximum absolute atomic E-state index is 11.3. The molecule has 0 saturated carbocycles. The fourth-order valence-electron chi connectivity index (χ4n) is 1.21. The van der Waals surface area contributed by atoms with Crippen LogP contribution in [0, 0.1) is 0 Å². The van der Waals surface area contributed by atoms with Crippen molar-refractivity contribution < 1.29 is 24.2 Å². The molecule has 0 atom stereocenters. The highest BCUT2D eigenvalue weighted by molar-refractivity contribution is 5.88. The van der Waals surface area contributed by atoms with Crippen molar-refractivity contribution in [3.63, 3.8) is 0 Å². The lowest BCUT2D eigenvalue weighted by Crippen LogP contribution is -2.31. The van der Waals surface area contributed by atoms with Crippen LogP contribution < -0.4 is 10.1 Å². The molecule has 6 nitrogen and oxygen atoms in total. The summed E-state index contributed by atoms with van der Waals surface area (Å²) in [5, 5.41) is 11.4. The number of nitrogens with one attached hydrogen (secondary N) is 1. The van der Waals surface area contributed by atoms with Gasteiger partial charge in [-0.2, -0.15) is 0 Å². The third-order valence-corrected chi connectivity index (χ3v) is 2.08. The highest BCUT2D eigenvalue weighted by atomic mass is 16.5. The minimum Gasteiger partial charge on any atom is -0.484 e. The summed E-state index contributed by atoms with van der Waals surface area (Å²) in [4.78, 5) is 22.0. The predicted molar refractivity (Wildman–Crippen MR) is 63.8 cm³/mol. The van der Waals surface area contributed by atoms with Gasteiger partial charge in [0.2, 0.25) is 0 Å². The molecule has 0 spiro atoms. The van der Waals surface area contributed by atoms with Crippen LogP contribution in [0.3, 0.4) is 0 Å². The molecule has 98 valence electrons. The van der Waals surface area contributed by atoms with Gasteiger partial charge in [0.15, 0.2) is 6.61 Å².